The first-order valence-corrected chi connectivity index (χ1v) is 14.0. The Morgan fingerprint density at radius 3 is 2.35 bits per heavy atom. The summed E-state index contributed by atoms with van der Waals surface area (Å²) in [7, 11) is 3.28. The summed E-state index contributed by atoms with van der Waals surface area (Å²) in [5.41, 5.74) is 1.73. The largest absolute Gasteiger partial charge is 0.497 e. The minimum Gasteiger partial charge on any atom is -0.497 e. The Hall–Kier alpha value is -2.88. The van der Waals surface area contributed by atoms with Crippen LogP contribution in [0.15, 0.2) is 29.6 Å². The van der Waals surface area contributed by atoms with Crippen LogP contribution >= 0.6 is 11.8 Å². The predicted octanol–water partition coefficient (Wildman–Crippen LogP) is 5.42. The molecule has 2 aliphatic rings. The molecule has 1 saturated carbocycles. The van der Waals surface area contributed by atoms with Crippen molar-refractivity contribution >= 4 is 29.4 Å². The van der Waals surface area contributed by atoms with Gasteiger partial charge in [0.1, 0.15) is 22.9 Å². The van der Waals surface area contributed by atoms with E-state index in [0.29, 0.717) is 18.0 Å². The maximum absolute atomic E-state index is 12.4. The summed E-state index contributed by atoms with van der Waals surface area (Å²) in [5, 5.41) is 7.87. The van der Waals surface area contributed by atoms with Gasteiger partial charge >= 0.3 is 6.09 Å². The molecule has 9 nitrogen and oxygen atoms in total. The molecule has 1 spiro atoms. The number of amides is 1. The number of carbonyl (C=O) groups excluding carboxylic acids is 1. The fourth-order valence-electron chi connectivity index (χ4n) is 5.03. The molecule has 1 aromatic heterocycles. The minimum atomic E-state index is -0.462. The van der Waals surface area contributed by atoms with E-state index in [1.54, 1.807) is 14.2 Å². The van der Waals surface area contributed by atoms with Gasteiger partial charge < -0.3 is 29.7 Å². The maximum Gasteiger partial charge on any atom is 0.410 e. The van der Waals surface area contributed by atoms with Crippen molar-refractivity contribution < 1.29 is 19.0 Å². The van der Waals surface area contributed by atoms with Crippen molar-refractivity contribution in [2.45, 2.75) is 69.8 Å². The molecule has 2 N–H and O–H groups in total. The molecule has 0 bridgehead atoms. The van der Waals surface area contributed by atoms with Gasteiger partial charge in [0.2, 0.25) is 0 Å². The van der Waals surface area contributed by atoms with Crippen LogP contribution in [0.25, 0.3) is 0 Å². The van der Waals surface area contributed by atoms with Crippen LogP contribution in [-0.2, 0) is 11.3 Å². The number of thioether (sulfide) groups is 1. The standard InChI is InChI=1S/C27H39N5O4S/c1-26(2,3)36-25(33)32-9-7-27(8-10-32)14-20(15-27)30-23-18(17-29-24(31-23)37-6)16-28-19-11-21(34-4)13-22(12-19)35-5/h11-13,17,20,28H,7-10,14-16H2,1-6H3,(H,29,30,31). The fourth-order valence-corrected chi connectivity index (χ4v) is 5.37. The van der Waals surface area contributed by atoms with E-state index in [9.17, 15) is 4.79 Å². The van der Waals surface area contributed by atoms with Crippen LogP contribution in [-0.4, -0.2) is 66.2 Å². The van der Waals surface area contributed by atoms with E-state index in [4.69, 9.17) is 19.2 Å². The molecular weight excluding hydrogens is 490 g/mol. The van der Waals surface area contributed by atoms with Crippen LogP contribution in [0.3, 0.4) is 0 Å². The van der Waals surface area contributed by atoms with Gasteiger partial charge in [0.15, 0.2) is 5.16 Å². The summed E-state index contributed by atoms with van der Waals surface area (Å²) in [6.45, 7) is 7.80. The maximum atomic E-state index is 12.4. The number of hydrogen-bond donors (Lipinski definition) is 2. The SMILES string of the molecule is COc1cc(NCc2cnc(SC)nc2NC2CC3(CCN(C(=O)OC(C)(C)C)CC3)C2)cc(OC)c1. The molecule has 2 aromatic rings. The van der Waals surface area contributed by atoms with Crippen molar-refractivity contribution in [1.82, 2.24) is 14.9 Å². The summed E-state index contributed by atoms with van der Waals surface area (Å²) >= 11 is 1.53. The molecule has 1 saturated heterocycles. The fraction of sp³-hybridized carbons (Fsp3) is 0.593. The van der Waals surface area contributed by atoms with Crippen molar-refractivity contribution in [3.8, 4) is 11.5 Å². The van der Waals surface area contributed by atoms with Gasteiger partial charge in [-0.15, -0.1) is 0 Å². The Bertz CT molecular complexity index is 1070. The summed E-state index contributed by atoms with van der Waals surface area (Å²) < 4.78 is 16.3. The highest BCUT2D eigenvalue weighted by molar-refractivity contribution is 7.98. The van der Waals surface area contributed by atoms with Crippen LogP contribution in [0.5, 0.6) is 11.5 Å². The first kappa shape index (κ1) is 27.2. The monoisotopic (exact) mass is 529 g/mol. The summed E-state index contributed by atoms with van der Waals surface area (Å²) in [4.78, 5) is 23.5. The number of aromatic nitrogens is 2. The third kappa shape index (κ3) is 6.91. The quantitative estimate of drug-likeness (QED) is 0.343. The van der Waals surface area contributed by atoms with Gasteiger partial charge in [0, 0.05) is 61.3 Å². The number of nitrogens with one attached hydrogen (secondary N) is 2. The van der Waals surface area contributed by atoms with E-state index in [1.165, 1.54) is 11.8 Å². The van der Waals surface area contributed by atoms with E-state index in [2.05, 4.69) is 15.6 Å². The zero-order valence-electron chi connectivity index (χ0n) is 22.7. The number of piperidine rings is 1. The van der Waals surface area contributed by atoms with Crippen molar-refractivity contribution in [2.75, 3.05) is 44.2 Å². The Morgan fingerprint density at radius 1 is 1.14 bits per heavy atom. The van der Waals surface area contributed by atoms with Crippen LogP contribution in [0.2, 0.25) is 0 Å². The number of likely N-dealkylation sites (tertiary alicyclic amines) is 1. The van der Waals surface area contributed by atoms with Crippen LogP contribution in [0, 0.1) is 5.41 Å². The molecule has 0 atom stereocenters. The lowest BCUT2D eigenvalue weighted by Gasteiger charge is -2.52. The van der Waals surface area contributed by atoms with E-state index in [0.717, 1.165) is 72.5 Å². The number of hydrogen-bond acceptors (Lipinski definition) is 9. The second-order valence-corrected chi connectivity index (χ2v) is 11.7. The molecule has 10 heteroatoms. The zero-order chi connectivity index (χ0) is 26.6. The Balaban J connectivity index is 1.35. The van der Waals surface area contributed by atoms with Gasteiger partial charge in [0.25, 0.3) is 0 Å². The number of benzene rings is 1. The Morgan fingerprint density at radius 2 is 1.78 bits per heavy atom. The number of anilines is 2. The van der Waals surface area contributed by atoms with Crippen LogP contribution in [0.4, 0.5) is 16.3 Å². The topological polar surface area (TPSA) is 97.8 Å². The molecule has 1 aliphatic heterocycles. The number of rotatable bonds is 8. The second-order valence-electron chi connectivity index (χ2n) is 10.9. The lowest BCUT2D eigenvalue weighted by atomic mass is 9.60. The van der Waals surface area contributed by atoms with E-state index in [1.807, 2.05) is 56.3 Å². The predicted molar refractivity (Wildman–Crippen MR) is 147 cm³/mol. The van der Waals surface area contributed by atoms with Crippen LogP contribution in [0.1, 0.15) is 52.0 Å². The third-order valence-corrected chi connectivity index (χ3v) is 7.60. The molecule has 1 aliphatic carbocycles. The van der Waals surface area contributed by atoms with E-state index >= 15 is 0 Å². The number of carbonyl (C=O) groups is 1. The number of ether oxygens (including phenoxy) is 3. The zero-order valence-corrected chi connectivity index (χ0v) is 23.5. The molecule has 1 aromatic carbocycles. The smallest absolute Gasteiger partial charge is 0.410 e. The van der Waals surface area contributed by atoms with E-state index < -0.39 is 5.60 Å². The molecule has 2 fully saturated rings. The van der Waals surface area contributed by atoms with Crippen molar-refractivity contribution in [3.05, 3.63) is 30.0 Å². The Kier molecular flexibility index (Phi) is 8.26. The molecule has 37 heavy (non-hydrogen) atoms. The van der Waals surface area contributed by atoms with Gasteiger partial charge in [-0.05, 0) is 58.1 Å². The first-order valence-electron chi connectivity index (χ1n) is 12.7. The van der Waals surface area contributed by atoms with Gasteiger partial charge in [-0.2, -0.15) is 0 Å². The highest BCUT2D eigenvalue weighted by atomic mass is 32.2. The van der Waals surface area contributed by atoms with Crippen molar-refractivity contribution in [1.29, 1.82) is 0 Å². The highest BCUT2D eigenvalue weighted by Crippen LogP contribution is 2.50. The Labute approximate surface area is 224 Å². The molecule has 2 heterocycles. The van der Waals surface area contributed by atoms with Gasteiger partial charge in [-0.25, -0.2) is 14.8 Å². The van der Waals surface area contributed by atoms with Gasteiger partial charge in [-0.1, -0.05) is 11.8 Å². The van der Waals surface area contributed by atoms with E-state index in [-0.39, 0.29) is 6.09 Å². The molecule has 0 unspecified atom stereocenters. The lowest BCUT2D eigenvalue weighted by Crippen LogP contribution is -2.53. The van der Waals surface area contributed by atoms with Crippen molar-refractivity contribution in [2.24, 2.45) is 5.41 Å². The molecule has 1 amide bonds. The van der Waals surface area contributed by atoms with Gasteiger partial charge in [-0.3, -0.25) is 0 Å². The minimum absolute atomic E-state index is 0.201. The molecule has 0 radical (unpaired) electrons. The average molecular weight is 530 g/mol. The molecular formula is C27H39N5O4S. The number of nitrogens with zero attached hydrogens (tertiary/aromatic N) is 3. The summed E-state index contributed by atoms with van der Waals surface area (Å²) in [5.74, 6) is 2.33. The van der Waals surface area contributed by atoms with Gasteiger partial charge in [0.05, 0.1) is 14.2 Å². The first-order chi connectivity index (χ1) is 17.6. The molecule has 4 rings (SSSR count). The summed E-state index contributed by atoms with van der Waals surface area (Å²) in [6.07, 6.45) is 7.84. The normalized spacial score (nSPS) is 17.2. The number of methoxy groups -OCH3 is 2. The highest BCUT2D eigenvalue weighted by Gasteiger charge is 2.47. The summed E-state index contributed by atoms with van der Waals surface area (Å²) in [6, 6.07) is 6.07. The lowest BCUT2D eigenvalue weighted by molar-refractivity contribution is -0.00864. The third-order valence-electron chi connectivity index (χ3n) is 7.03. The van der Waals surface area contributed by atoms with Crippen molar-refractivity contribution in [3.63, 3.8) is 0 Å². The van der Waals surface area contributed by atoms with Crippen LogP contribution < -0.4 is 20.1 Å². The molecule has 202 valence electrons. The second kappa shape index (κ2) is 11.2. The average Bonchev–Trinajstić information content (AvgIpc) is 2.86.